The van der Waals surface area contributed by atoms with Crippen molar-refractivity contribution in [1.29, 1.82) is 0 Å². The molecule has 2 aromatic rings. The van der Waals surface area contributed by atoms with Crippen LogP contribution in [0.1, 0.15) is 0 Å². The van der Waals surface area contributed by atoms with Crippen LogP contribution < -0.4 is 11.1 Å². The highest BCUT2D eigenvalue weighted by atomic mass is 127. The molecule has 0 aliphatic carbocycles. The monoisotopic (exact) mass is 418 g/mol. The Morgan fingerprint density at radius 2 is 2.05 bits per heavy atom. The van der Waals surface area contributed by atoms with E-state index in [-0.39, 0.29) is 11.7 Å². The van der Waals surface area contributed by atoms with Crippen LogP contribution >= 0.6 is 46.0 Å². The minimum absolute atomic E-state index is 0.0867. The van der Waals surface area contributed by atoms with Gasteiger partial charge >= 0.3 is 0 Å². The number of nitrogen functional groups attached to an aromatic ring is 1. The number of nitrogens with two attached hydrogens (primary N) is 1. The van der Waals surface area contributed by atoms with E-state index in [1.807, 2.05) is 24.3 Å². The van der Waals surface area contributed by atoms with Gasteiger partial charge < -0.3 is 11.1 Å². The summed E-state index contributed by atoms with van der Waals surface area (Å²) in [6.45, 7) is 0. The maximum Gasteiger partial charge on any atom is 0.234 e. The van der Waals surface area contributed by atoms with E-state index in [4.69, 9.17) is 17.3 Å². The first-order chi connectivity index (χ1) is 9.56. The lowest BCUT2D eigenvalue weighted by Gasteiger charge is -2.08. The zero-order valence-corrected chi connectivity index (χ0v) is 14.1. The highest BCUT2D eigenvalue weighted by molar-refractivity contribution is 14.1. The second-order valence-electron chi connectivity index (χ2n) is 4.01. The van der Waals surface area contributed by atoms with Crippen LogP contribution in [0.3, 0.4) is 0 Å². The van der Waals surface area contributed by atoms with Gasteiger partial charge in [0.05, 0.1) is 10.8 Å². The van der Waals surface area contributed by atoms with E-state index >= 15 is 0 Å². The molecule has 3 nitrogen and oxygen atoms in total. The van der Waals surface area contributed by atoms with Gasteiger partial charge in [-0.05, 0) is 52.9 Å². The van der Waals surface area contributed by atoms with Crippen molar-refractivity contribution in [3.05, 3.63) is 51.1 Å². The van der Waals surface area contributed by atoms with E-state index in [1.165, 1.54) is 11.8 Å². The smallest absolute Gasteiger partial charge is 0.234 e. The number of hydrogen-bond acceptors (Lipinski definition) is 3. The third-order valence-electron chi connectivity index (χ3n) is 2.45. The molecule has 0 bridgehead atoms. The quantitative estimate of drug-likeness (QED) is 0.443. The maximum atomic E-state index is 11.9. The van der Waals surface area contributed by atoms with Gasteiger partial charge in [-0.2, -0.15) is 0 Å². The zero-order valence-electron chi connectivity index (χ0n) is 10.4. The Kier molecular flexibility index (Phi) is 5.56. The molecule has 0 aliphatic heterocycles. The van der Waals surface area contributed by atoms with Gasteiger partial charge in [0.1, 0.15) is 0 Å². The molecule has 1 amide bonds. The summed E-state index contributed by atoms with van der Waals surface area (Å²) in [4.78, 5) is 12.6. The van der Waals surface area contributed by atoms with Gasteiger partial charge in [-0.1, -0.05) is 23.7 Å². The van der Waals surface area contributed by atoms with Gasteiger partial charge in [0.15, 0.2) is 0 Å². The summed E-state index contributed by atoms with van der Waals surface area (Å²) in [7, 11) is 0. The fourth-order valence-corrected chi connectivity index (χ4v) is 3.26. The molecule has 0 radical (unpaired) electrons. The highest BCUT2D eigenvalue weighted by Crippen LogP contribution is 2.32. The molecule has 0 saturated carbocycles. The van der Waals surface area contributed by atoms with E-state index in [9.17, 15) is 4.79 Å². The molecule has 6 heteroatoms. The van der Waals surface area contributed by atoms with Crippen molar-refractivity contribution in [3.8, 4) is 0 Å². The summed E-state index contributed by atoms with van der Waals surface area (Å²) >= 11 is 9.60. The normalized spacial score (nSPS) is 10.3. The minimum Gasteiger partial charge on any atom is -0.398 e. The molecule has 0 atom stereocenters. The van der Waals surface area contributed by atoms with Crippen LogP contribution in [0.25, 0.3) is 0 Å². The molecule has 0 aromatic heterocycles. The lowest BCUT2D eigenvalue weighted by Crippen LogP contribution is -2.14. The van der Waals surface area contributed by atoms with Crippen molar-refractivity contribution < 1.29 is 4.79 Å². The van der Waals surface area contributed by atoms with Gasteiger partial charge in [-0.3, -0.25) is 4.79 Å². The Bertz CT molecular complexity index is 616. The van der Waals surface area contributed by atoms with E-state index in [1.54, 1.807) is 18.2 Å². The molecule has 0 saturated heterocycles. The van der Waals surface area contributed by atoms with Crippen LogP contribution in [0.2, 0.25) is 5.02 Å². The van der Waals surface area contributed by atoms with Gasteiger partial charge in [-0.15, -0.1) is 11.8 Å². The van der Waals surface area contributed by atoms with Crippen LogP contribution in [0.5, 0.6) is 0 Å². The van der Waals surface area contributed by atoms with Crippen molar-refractivity contribution in [3.63, 3.8) is 0 Å². The Morgan fingerprint density at radius 1 is 1.30 bits per heavy atom. The summed E-state index contributed by atoms with van der Waals surface area (Å²) in [5, 5.41) is 3.41. The standard InChI is InChI=1S/C14H12ClIN2OS/c15-11-5-2-6-12(17)14(11)20-8-13(19)18-10-4-1-3-9(16)7-10/h1-7H,8,17H2,(H,18,19). The van der Waals surface area contributed by atoms with E-state index < -0.39 is 0 Å². The first-order valence-corrected chi connectivity index (χ1v) is 8.22. The van der Waals surface area contributed by atoms with Crippen LogP contribution in [-0.4, -0.2) is 11.7 Å². The third-order valence-corrected chi connectivity index (χ3v) is 4.70. The van der Waals surface area contributed by atoms with Crippen LogP contribution in [-0.2, 0) is 4.79 Å². The van der Waals surface area contributed by atoms with Gasteiger partial charge in [0.25, 0.3) is 0 Å². The van der Waals surface area contributed by atoms with Crippen molar-refractivity contribution in [2.45, 2.75) is 4.90 Å². The van der Waals surface area contributed by atoms with Gasteiger partial charge in [0.2, 0.25) is 5.91 Å². The number of thioether (sulfide) groups is 1. The Balaban J connectivity index is 1.96. The van der Waals surface area contributed by atoms with E-state index in [2.05, 4.69) is 27.9 Å². The molecule has 104 valence electrons. The largest absolute Gasteiger partial charge is 0.398 e. The number of amides is 1. The van der Waals surface area contributed by atoms with Crippen molar-refractivity contribution in [2.75, 3.05) is 16.8 Å². The van der Waals surface area contributed by atoms with Crippen molar-refractivity contribution >= 4 is 63.2 Å². The average Bonchev–Trinajstić information content (AvgIpc) is 2.38. The van der Waals surface area contributed by atoms with Crippen molar-refractivity contribution in [2.24, 2.45) is 0 Å². The molecular weight excluding hydrogens is 407 g/mol. The molecule has 0 spiro atoms. The minimum atomic E-state index is -0.0867. The third kappa shape index (κ3) is 4.29. The maximum absolute atomic E-state index is 11.9. The molecule has 0 aliphatic rings. The second kappa shape index (κ2) is 7.19. The van der Waals surface area contributed by atoms with Crippen LogP contribution in [0.15, 0.2) is 47.4 Å². The number of carbonyl (C=O) groups excluding carboxylic acids is 1. The number of hydrogen-bond donors (Lipinski definition) is 2. The van der Waals surface area contributed by atoms with E-state index in [0.717, 1.165) is 14.2 Å². The van der Waals surface area contributed by atoms with E-state index in [0.29, 0.717) is 10.7 Å². The molecule has 20 heavy (non-hydrogen) atoms. The zero-order chi connectivity index (χ0) is 14.5. The molecule has 0 heterocycles. The SMILES string of the molecule is Nc1cccc(Cl)c1SCC(=O)Nc1cccc(I)c1. The number of carbonyl (C=O) groups is 1. The van der Waals surface area contributed by atoms with Gasteiger partial charge in [-0.25, -0.2) is 0 Å². The predicted molar refractivity (Wildman–Crippen MR) is 94.4 cm³/mol. The number of benzene rings is 2. The molecule has 2 aromatic carbocycles. The number of nitrogens with one attached hydrogen (secondary N) is 1. The summed E-state index contributed by atoms with van der Waals surface area (Å²) in [6.07, 6.45) is 0. The molecular formula is C14H12ClIN2OS. The summed E-state index contributed by atoms with van der Waals surface area (Å²) in [5.74, 6) is 0.177. The summed E-state index contributed by atoms with van der Waals surface area (Å²) in [6, 6.07) is 12.9. The van der Waals surface area contributed by atoms with Crippen LogP contribution in [0.4, 0.5) is 11.4 Å². The van der Waals surface area contributed by atoms with Crippen LogP contribution in [0, 0.1) is 3.57 Å². The number of halogens is 2. The summed E-state index contributed by atoms with van der Waals surface area (Å²) in [5.41, 5.74) is 7.22. The molecule has 3 N–H and O–H groups in total. The topological polar surface area (TPSA) is 55.1 Å². The lowest BCUT2D eigenvalue weighted by atomic mass is 10.3. The van der Waals surface area contributed by atoms with Crippen molar-refractivity contribution in [1.82, 2.24) is 0 Å². The number of anilines is 2. The Morgan fingerprint density at radius 3 is 2.75 bits per heavy atom. The Labute approximate surface area is 140 Å². The predicted octanol–water partition coefficient (Wildman–Crippen LogP) is 4.26. The Hall–Kier alpha value is -0.920. The number of rotatable bonds is 4. The molecule has 0 unspecified atom stereocenters. The first-order valence-electron chi connectivity index (χ1n) is 5.78. The fourth-order valence-electron chi connectivity index (χ4n) is 1.58. The fraction of sp³-hybridized carbons (Fsp3) is 0.0714. The first kappa shape index (κ1) is 15.5. The second-order valence-corrected chi connectivity index (χ2v) is 6.64. The summed E-state index contributed by atoms with van der Waals surface area (Å²) < 4.78 is 1.07. The average molecular weight is 419 g/mol. The molecule has 0 fully saturated rings. The lowest BCUT2D eigenvalue weighted by molar-refractivity contribution is -0.113. The highest BCUT2D eigenvalue weighted by Gasteiger charge is 2.09. The van der Waals surface area contributed by atoms with Gasteiger partial charge in [0, 0.05) is 19.8 Å². The molecule has 2 rings (SSSR count).